The Bertz CT molecular complexity index is 556. The summed E-state index contributed by atoms with van der Waals surface area (Å²) < 4.78 is 0. The number of aliphatic carboxylic acids is 1. The summed E-state index contributed by atoms with van der Waals surface area (Å²) in [7, 11) is 0. The van der Waals surface area contributed by atoms with Gasteiger partial charge in [-0.05, 0) is 49.9 Å². The molecule has 0 unspecified atom stereocenters. The third kappa shape index (κ3) is 4.62. The molecule has 0 radical (unpaired) electrons. The molecule has 0 aromatic carbocycles. The van der Waals surface area contributed by atoms with Crippen molar-refractivity contribution >= 4 is 5.97 Å². The Kier molecular flexibility index (Phi) is 6.13. The number of carboxylic acids is 1. The highest BCUT2D eigenvalue weighted by Gasteiger charge is 2.43. The van der Waals surface area contributed by atoms with Gasteiger partial charge in [0, 0.05) is 12.3 Å². The molecule has 0 aromatic heterocycles. The van der Waals surface area contributed by atoms with E-state index in [4.69, 9.17) is 5.11 Å². The summed E-state index contributed by atoms with van der Waals surface area (Å²) in [5, 5.41) is 29.4. The van der Waals surface area contributed by atoms with Gasteiger partial charge in [0.15, 0.2) is 0 Å². The fraction of sp³-hybridized carbons (Fsp3) is 0.667. The molecule has 0 amide bonds. The van der Waals surface area contributed by atoms with Crippen molar-refractivity contribution in [1.82, 2.24) is 0 Å². The number of hydrogen-bond acceptors (Lipinski definition) is 3. The standard InChI is InChI=1S/C21H30O4/c22-19(15-6-2-3-7-15)10-9-17-18-12-14(5-1-4-8-21(24)25)11-16(18)13-20(17)23/h1,5,9-11,15-20,22-23H,2-4,6-8,12-13H2,(H,24,25)/b5-1?,10-9-/t16-,17-,18-,19+,20+/m0/s1. The van der Waals surface area contributed by atoms with Crippen LogP contribution >= 0.6 is 0 Å². The second-order valence-electron chi connectivity index (χ2n) is 7.91. The molecular formula is C21H30O4. The van der Waals surface area contributed by atoms with Gasteiger partial charge in [0.05, 0.1) is 12.2 Å². The van der Waals surface area contributed by atoms with Crippen LogP contribution in [0, 0.1) is 23.7 Å². The van der Waals surface area contributed by atoms with E-state index in [9.17, 15) is 15.0 Å². The Morgan fingerprint density at radius 2 is 2.08 bits per heavy atom. The van der Waals surface area contributed by atoms with Crippen LogP contribution < -0.4 is 0 Å². The second-order valence-corrected chi connectivity index (χ2v) is 7.91. The number of fused-ring (bicyclic) bond motifs is 1. The minimum atomic E-state index is -0.768. The van der Waals surface area contributed by atoms with Crippen LogP contribution in [0.5, 0.6) is 0 Å². The van der Waals surface area contributed by atoms with E-state index >= 15 is 0 Å². The zero-order valence-electron chi connectivity index (χ0n) is 14.8. The number of carboxylic acid groups (broad SMARTS) is 1. The van der Waals surface area contributed by atoms with Crippen molar-refractivity contribution in [3.8, 4) is 0 Å². The van der Waals surface area contributed by atoms with Crippen molar-refractivity contribution in [2.75, 3.05) is 0 Å². The van der Waals surface area contributed by atoms with Crippen LogP contribution in [0.3, 0.4) is 0 Å². The Morgan fingerprint density at radius 3 is 2.80 bits per heavy atom. The van der Waals surface area contributed by atoms with Crippen LogP contribution in [-0.2, 0) is 4.79 Å². The Balaban J connectivity index is 1.54. The van der Waals surface area contributed by atoms with E-state index in [0.29, 0.717) is 24.2 Å². The van der Waals surface area contributed by atoms with Crippen LogP contribution in [-0.4, -0.2) is 33.5 Å². The van der Waals surface area contributed by atoms with E-state index in [1.54, 1.807) is 0 Å². The SMILES string of the molecule is O=C(O)CCC=CC1=C[C@H]2C[C@@H](O)[C@@H](/C=C\[C@@H](O)C3CCCC3)[C@H]2C1. The number of allylic oxidation sites excluding steroid dienone is 4. The number of rotatable bonds is 7. The molecule has 3 aliphatic rings. The minimum absolute atomic E-state index is 0.113. The second kappa shape index (κ2) is 8.33. The highest BCUT2D eigenvalue weighted by molar-refractivity contribution is 5.66. The molecule has 3 rings (SSSR count). The fourth-order valence-electron chi connectivity index (χ4n) is 4.81. The summed E-state index contributed by atoms with van der Waals surface area (Å²) in [6.45, 7) is 0. The summed E-state index contributed by atoms with van der Waals surface area (Å²) in [5.74, 6) is 0.534. The summed E-state index contributed by atoms with van der Waals surface area (Å²) in [6.07, 6.45) is 16.6. The monoisotopic (exact) mass is 346 g/mol. The third-order valence-electron chi connectivity index (χ3n) is 6.17. The Morgan fingerprint density at radius 1 is 1.32 bits per heavy atom. The quantitative estimate of drug-likeness (QED) is 0.617. The van der Waals surface area contributed by atoms with E-state index in [0.717, 1.165) is 25.7 Å². The predicted octanol–water partition coefficient (Wildman–Crippen LogP) is 3.46. The van der Waals surface area contributed by atoms with Gasteiger partial charge in [0.1, 0.15) is 0 Å². The van der Waals surface area contributed by atoms with Crippen LogP contribution in [0.2, 0.25) is 0 Å². The van der Waals surface area contributed by atoms with E-state index in [1.807, 2.05) is 18.2 Å². The fourth-order valence-corrected chi connectivity index (χ4v) is 4.81. The number of aliphatic hydroxyl groups excluding tert-OH is 2. The van der Waals surface area contributed by atoms with Crippen molar-refractivity contribution in [3.05, 3.63) is 36.0 Å². The largest absolute Gasteiger partial charge is 0.481 e. The van der Waals surface area contributed by atoms with Crippen molar-refractivity contribution < 1.29 is 20.1 Å². The highest BCUT2D eigenvalue weighted by atomic mass is 16.4. The molecule has 4 nitrogen and oxygen atoms in total. The third-order valence-corrected chi connectivity index (χ3v) is 6.17. The Labute approximate surface area is 149 Å². The van der Waals surface area contributed by atoms with Gasteiger partial charge in [-0.2, -0.15) is 0 Å². The lowest BCUT2D eigenvalue weighted by Gasteiger charge is -2.19. The van der Waals surface area contributed by atoms with Crippen LogP contribution in [0.1, 0.15) is 51.4 Å². The van der Waals surface area contributed by atoms with Crippen molar-refractivity contribution in [3.63, 3.8) is 0 Å². The molecule has 25 heavy (non-hydrogen) atoms. The predicted molar refractivity (Wildman–Crippen MR) is 96.9 cm³/mol. The van der Waals surface area contributed by atoms with Gasteiger partial charge >= 0.3 is 5.97 Å². The number of carbonyl (C=O) groups is 1. The van der Waals surface area contributed by atoms with E-state index in [-0.39, 0.29) is 24.5 Å². The Hall–Kier alpha value is -1.39. The molecule has 5 atom stereocenters. The first-order chi connectivity index (χ1) is 12.0. The minimum Gasteiger partial charge on any atom is -0.481 e. The normalized spacial score (nSPS) is 34.1. The average molecular weight is 346 g/mol. The zero-order valence-corrected chi connectivity index (χ0v) is 14.8. The molecule has 3 N–H and O–H groups in total. The molecule has 0 bridgehead atoms. The lowest BCUT2D eigenvalue weighted by atomic mass is 9.88. The van der Waals surface area contributed by atoms with Gasteiger partial charge in [-0.25, -0.2) is 0 Å². The topological polar surface area (TPSA) is 77.8 Å². The molecule has 0 aliphatic heterocycles. The molecule has 0 heterocycles. The van der Waals surface area contributed by atoms with Crippen molar-refractivity contribution in [1.29, 1.82) is 0 Å². The molecule has 138 valence electrons. The lowest BCUT2D eigenvalue weighted by Crippen LogP contribution is -2.19. The first-order valence-electron chi connectivity index (χ1n) is 9.68. The summed E-state index contributed by atoms with van der Waals surface area (Å²) >= 11 is 0. The maximum absolute atomic E-state index is 10.6. The van der Waals surface area contributed by atoms with Gasteiger partial charge < -0.3 is 15.3 Å². The zero-order chi connectivity index (χ0) is 17.8. The van der Waals surface area contributed by atoms with Crippen molar-refractivity contribution in [2.45, 2.75) is 63.6 Å². The van der Waals surface area contributed by atoms with E-state index in [1.165, 1.54) is 18.4 Å². The maximum atomic E-state index is 10.6. The number of hydrogen-bond donors (Lipinski definition) is 3. The average Bonchev–Trinajstić information content (AvgIpc) is 3.26. The maximum Gasteiger partial charge on any atom is 0.303 e. The van der Waals surface area contributed by atoms with Gasteiger partial charge in [-0.3, -0.25) is 4.79 Å². The van der Waals surface area contributed by atoms with Crippen molar-refractivity contribution in [2.24, 2.45) is 23.7 Å². The summed E-state index contributed by atoms with van der Waals surface area (Å²) in [5.41, 5.74) is 1.25. The first kappa shape index (κ1) is 18.4. The molecule has 0 saturated heterocycles. The van der Waals surface area contributed by atoms with Crippen LogP contribution in [0.4, 0.5) is 0 Å². The molecule has 2 fully saturated rings. The molecule has 0 spiro atoms. The van der Waals surface area contributed by atoms with E-state index < -0.39 is 5.97 Å². The molecule has 3 aliphatic carbocycles. The first-order valence-corrected chi connectivity index (χ1v) is 9.68. The van der Waals surface area contributed by atoms with Gasteiger partial charge in [0.2, 0.25) is 0 Å². The van der Waals surface area contributed by atoms with Crippen LogP contribution in [0.25, 0.3) is 0 Å². The molecule has 4 heteroatoms. The van der Waals surface area contributed by atoms with Gasteiger partial charge in [-0.15, -0.1) is 0 Å². The molecular weight excluding hydrogens is 316 g/mol. The van der Waals surface area contributed by atoms with E-state index in [2.05, 4.69) is 12.2 Å². The summed E-state index contributed by atoms with van der Waals surface area (Å²) in [6, 6.07) is 0. The van der Waals surface area contributed by atoms with Gasteiger partial charge in [-0.1, -0.05) is 48.8 Å². The molecule has 2 saturated carbocycles. The lowest BCUT2D eigenvalue weighted by molar-refractivity contribution is -0.136. The smallest absolute Gasteiger partial charge is 0.303 e. The van der Waals surface area contributed by atoms with Crippen LogP contribution in [0.15, 0.2) is 36.0 Å². The number of aliphatic hydroxyl groups is 2. The summed E-state index contributed by atoms with van der Waals surface area (Å²) in [4.78, 5) is 10.6. The van der Waals surface area contributed by atoms with Gasteiger partial charge in [0.25, 0.3) is 0 Å². The molecule has 0 aromatic rings. The highest BCUT2D eigenvalue weighted by Crippen LogP contribution is 2.47.